The second kappa shape index (κ2) is 6.56. The summed E-state index contributed by atoms with van der Waals surface area (Å²) < 4.78 is 0. The molecule has 0 heterocycles. The molecular formula is C20H20N2. The summed E-state index contributed by atoms with van der Waals surface area (Å²) in [5.74, 6) is 0. The van der Waals surface area contributed by atoms with Crippen LogP contribution in [0.25, 0.3) is 22.3 Å². The van der Waals surface area contributed by atoms with Crippen molar-refractivity contribution in [2.24, 2.45) is 11.5 Å². The normalized spacial score (nSPS) is 10.6. The van der Waals surface area contributed by atoms with Crippen LogP contribution < -0.4 is 11.5 Å². The maximum atomic E-state index is 5.96. The van der Waals surface area contributed by atoms with Gasteiger partial charge in [0, 0.05) is 13.1 Å². The molecular weight excluding hydrogens is 268 g/mol. The van der Waals surface area contributed by atoms with Crippen molar-refractivity contribution >= 4 is 0 Å². The fourth-order valence-electron chi connectivity index (χ4n) is 2.91. The topological polar surface area (TPSA) is 52.0 Å². The lowest BCUT2D eigenvalue weighted by molar-refractivity contribution is 1.03. The van der Waals surface area contributed by atoms with E-state index in [1.807, 2.05) is 12.1 Å². The second-order valence-corrected chi connectivity index (χ2v) is 5.27. The molecule has 3 rings (SSSR count). The predicted octanol–water partition coefficient (Wildman–Crippen LogP) is 3.94. The fourth-order valence-corrected chi connectivity index (χ4v) is 2.91. The summed E-state index contributed by atoms with van der Waals surface area (Å²) in [6, 6.07) is 25.0. The average Bonchev–Trinajstić information content (AvgIpc) is 2.61. The largest absolute Gasteiger partial charge is 0.326 e. The van der Waals surface area contributed by atoms with E-state index >= 15 is 0 Å². The molecule has 0 saturated carbocycles. The van der Waals surface area contributed by atoms with Gasteiger partial charge in [-0.05, 0) is 33.4 Å². The summed E-state index contributed by atoms with van der Waals surface area (Å²) in [5, 5.41) is 0. The third kappa shape index (κ3) is 2.67. The summed E-state index contributed by atoms with van der Waals surface area (Å²) in [6.45, 7) is 1.01. The van der Waals surface area contributed by atoms with Gasteiger partial charge in [-0.2, -0.15) is 0 Å². The maximum Gasteiger partial charge on any atom is 0.0184 e. The molecule has 0 aromatic heterocycles. The van der Waals surface area contributed by atoms with Crippen LogP contribution in [0.15, 0.2) is 72.8 Å². The van der Waals surface area contributed by atoms with Crippen molar-refractivity contribution in [2.45, 2.75) is 13.1 Å². The first-order chi connectivity index (χ1) is 10.8. The molecule has 0 saturated heterocycles. The van der Waals surface area contributed by atoms with Gasteiger partial charge in [-0.1, -0.05) is 72.8 Å². The Hall–Kier alpha value is -2.42. The third-order valence-electron chi connectivity index (χ3n) is 3.96. The van der Waals surface area contributed by atoms with Crippen LogP contribution in [0.3, 0.4) is 0 Å². The first-order valence-electron chi connectivity index (χ1n) is 7.51. The van der Waals surface area contributed by atoms with Gasteiger partial charge in [-0.25, -0.2) is 0 Å². The highest BCUT2D eigenvalue weighted by atomic mass is 14.5. The van der Waals surface area contributed by atoms with Crippen LogP contribution in [0.2, 0.25) is 0 Å². The zero-order valence-electron chi connectivity index (χ0n) is 12.5. The molecule has 0 unspecified atom stereocenters. The minimum atomic E-state index is 0.506. The second-order valence-electron chi connectivity index (χ2n) is 5.27. The molecule has 0 radical (unpaired) electrons. The van der Waals surface area contributed by atoms with Gasteiger partial charge < -0.3 is 11.5 Å². The highest BCUT2D eigenvalue weighted by molar-refractivity contribution is 5.86. The lowest BCUT2D eigenvalue weighted by Crippen LogP contribution is -2.05. The van der Waals surface area contributed by atoms with Crippen molar-refractivity contribution in [3.8, 4) is 22.3 Å². The molecule has 4 N–H and O–H groups in total. The van der Waals surface area contributed by atoms with Gasteiger partial charge in [0.1, 0.15) is 0 Å². The highest BCUT2D eigenvalue weighted by Crippen LogP contribution is 2.35. The molecule has 3 aromatic rings. The molecule has 2 heteroatoms. The van der Waals surface area contributed by atoms with Gasteiger partial charge in [0.25, 0.3) is 0 Å². The quantitative estimate of drug-likeness (QED) is 0.764. The SMILES string of the molecule is NCc1cccc(CN)c1-c1ccccc1-c1ccccc1. The van der Waals surface area contributed by atoms with Crippen molar-refractivity contribution in [3.63, 3.8) is 0 Å². The number of rotatable bonds is 4. The predicted molar refractivity (Wildman–Crippen MR) is 93.1 cm³/mol. The lowest BCUT2D eigenvalue weighted by atomic mass is 9.88. The Morgan fingerprint density at radius 3 is 1.68 bits per heavy atom. The summed E-state index contributed by atoms with van der Waals surface area (Å²) in [5.41, 5.74) is 19.0. The monoisotopic (exact) mass is 288 g/mol. The third-order valence-corrected chi connectivity index (χ3v) is 3.96. The van der Waals surface area contributed by atoms with Crippen LogP contribution in [0.1, 0.15) is 11.1 Å². The van der Waals surface area contributed by atoms with Gasteiger partial charge in [0.15, 0.2) is 0 Å². The van der Waals surface area contributed by atoms with E-state index in [4.69, 9.17) is 11.5 Å². The minimum absolute atomic E-state index is 0.506. The Morgan fingerprint density at radius 2 is 1.09 bits per heavy atom. The Bertz CT molecular complexity index is 741. The maximum absolute atomic E-state index is 5.96. The van der Waals surface area contributed by atoms with Crippen molar-refractivity contribution < 1.29 is 0 Å². The molecule has 3 aromatic carbocycles. The molecule has 110 valence electrons. The molecule has 0 atom stereocenters. The molecule has 0 amide bonds. The van der Waals surface area contributed by atoms with E-state index < -0.39 is 0 Å². The van der Waals surface area contributed by atoms with E-state index in [0.29, 0.717) is 13.1 Å². The Morgan fingerprint density at radius 1 is 0.545 bits per heavy atom. The van der Waals surface area contributed by atoms with Gasteiger partial charge in [0.05, 0.1) is 0 Å². The smallest absolute Gasteiger partial charge is 0.0184 e. The average molecular weight is 288 g/mol. The van der Waals surface area contributed by atoms with Crippen LogP contribution in [0.4, 0.5) is 0 Å². The molecule has 0 spiro atoms. The van der Waals surface area contributed by atoms with Crippen LogP contribution in [-0.2, 0) is 13.1 Å². The van der Waals surface area contributed by atoms with Gasteiger partial charge in [-0.15, -0.1) is 0 Å². The van der Waals surface area contributed by atoms with Gasteiger partial charge in [0.2, 0.25) is 0 Å². The lowest BCUT2D eigenvalue weighted by Gasteiger charge is -2.17. The van der Waals surface area contributed by atoms with Crippen molar-refractivity contribution in [1.82, 2.24) is 0 Å². The standard InChI is InChI=1S/C20H20N2/c21-13-16-9-6-10-17(14-22)20(16)19-12-5-4-11-18(19)15-7-2-1-3-8-15/h1-12H,13-14,21-22H2. The van der Waals surface area contributed by atoms with E-state index in [2.05, 4.69) is 60.7 Å². The van der Waals surface area contributed by atoms with E-state index in [9.17, 15) is 0 Å². The first kappa shape index (κ1) is 14.5. The zero-order valence-corrected chi connectivity index (χ0v) is 12.5. The first-order valence-corrected chi connectivity index (χ1v) is 7.51. The summed E-state index contributed by atoms with van der Waals surface area (Å²) in [4.78, 5) is 0. The summed E-state index contributed by atoms with van der Waals surface area (Å²) in [6.07, 6.45) is 0. The van der Waals surface area contributed by atoms with E-state index in [1.54, 1.807) is 0 Å². The summed E-state index contributed by atoms with van der Waals surface area (Å²) in [7, 11) is 0. The molecule has 22 heavy (non-hydrogen) atoms. The van der Waals surface area contributed by atoms with E-state index in [1.165, 1.54) is 22.3 Å². The zero-order chi connectivity index (χ0) is 15.4. The number of hydrogen-bond acceptors (Lipinski definition) is 2. The van der Waals surface area contributed by atoms with Crippen LogP contribution >= 0.6 is 0 Å². The molecule has 0 aliphatic heterocycles. The summed E-state index contributed by atoms with van der Waals surface area (Å²) >= 11 is 0. The Balaban J connectivity index is 2.27. The number of hydrogen-bond donors (Lipinski definition) is 2. The Kier molecular flexibility index (Phi) is 4.33. The van der Waals surface area contributed by atoms with Gasteiger partial charge in [-0.3, -0.25) is 0 Å². The molecule has 2 nitrogen and oxygen atoms in total. The van der Waals surface area contributed by atoms with Crippen molar-refractivity contribution in [1.29, 1.82) is 0 Å². The Labute approximate surface area is 131 Å². The molecule has 0 fully saturated rings. The molecule has 0 aliphatic carbocycles. The number of benzene rings is 3. The molecule has 0 bridgehead atoms. The van der Waals surface area contributed by atoms with Crippen LogP contribution in [0, 0.1) is 0 Å². The molecule has 0 aliphatic rings. The fraction of sp³-hybridized carbons (Fsp3) is 0.100. The minimum Gasteiger partial charge on any atom is -0.326 e. The van der Waals surface area contributed by atoms with Crippen molar-refractivity contribution in [3.05, 3.63) is 83.9 Å². The van der Waals surface area contributed by atoms with Crippen molar-refractivity contribution in [2.75, 3.05) is 0 Å². The van der Waals surface area contributed by atoms with E-state index in [0.717, 1.165) is 11.1 Å². The van der Waals surface area contributed by atoms with Crippen LogP contribution in [0.5, 0.6) is 0 Å². The number of nitrogens with two attached hydrogens (primary N) is 2. The highest BCUT2D eigenvalue weighted by Gasteiger charge is 2.13. The van der Waals surface area contributed by atoms with Crippen LogP contribution in [-0.4, -0.2) is 0 Å². The van der Waals surface area contributed by atoms with Gasteiger partial charge >= 0.3 is 0 Å². The van der Waals surface area contributed by atoms with E-state index in [-0.39, 0.29) is 0 Å².